The van der Waals surface area contributed by atoms with Crippen LogP contribution in [0.4, 0.5) is 4.79 Å². The van der Waals surface area contributed by atoms with Gasteiger partial charge in [-0.05, 0) is 60.9 Å². The molecule has 0 radical (unpaired) electrons. The molecule has 2 aromatic carbocycles. The van der Waals surface area contributed by atoms with E-state index in [9.17, 15) is 9.59 Å². The second kappa shape index (κ2) is 9.51. The number of fused-ring (bicyclic) bond motifs is 1. The molecule has 0 unspecified atom stereocenters. The average Bonchev–Trinajstić information content (AvgIpc) is 3.11. The van der Waals surface area contributed by atoms with E-state index < -0.39 is 5.54 Å². The van der Waals surface area contributed by atoms with Gasteiger partial charge in [-0.1, -0.05) is 60.7 Å². The van der Waals surface area contributed by atoms with E-state index in [-0.39, 0.29) is 18.5 Å². The Morgan fingerprint density at radius 1 is 0.833 bits per heavy atom. The van der Waals surface area contributed by atoms with Gasteiger partial charge in [0.1, 0.15) is 5.54 Å². The van der Waals surface area contributed by atoms with Gasteiger partial charge in [0.25, 0.3) is 5.91 Å². The summed E-state index contributed by atoms with van der Waals surface area (Å²) >= 11 is 0. The zero-order chi connectivity index (χ0) is 24.5. The van der Waals surface area contributed by atoms with Gasteiger partial charge >= 0.3 is 6.03 Å². The van der Waals surface area contributed by atoms with Crippen molar-refractivity contribution in [3.05, 3.63) is 101 Å². The second-order valence-corrected chi connectivity index (χ2v) is 10.3. The number of piperidine rings is 1. The lowest BCUT2D eigenvalue weighted by molar-refractivity contribution is -0.136. The maximum absolute atomic E-state index is 14.0. The van der Waals surface area contributed by atoms with E-state index in [0.29, 0.717) is 25.4 Å². The van der Waals surface area contributed by atoms with E-state index in [4.69, 9.17) is 0 Å². The molecule has 3 aromatic rings. The van der Waals surface area contributed by atoms with Crippen LogP contribution in [0.5, 0.6) is 0 Å². The molecule has 1 spiro atoms. The number of hydrogen-bond acceptors (Lipinski definition) is 4. The largest absolute Gasteiger partial charge is 0.328 e. The Labute approximate surface area is 212 Å². The number of benzene rings is 2. The van der Waals surface area contributed by atoms with Crippen molar-refractivity contribution in [3.63, 3.8) is 0 Å². The van der Waals surface area contributed by atoms with E-state index in [1.807, 2.05) is 53.4 Å². The Balaban J connectivity index is 1.24. The number of hydrogen-bond donors (Lipinski definition) is 0. The van der Waals surface area contributed by atoms with Crippen molar-refractivity contribution in [2.24, 2.45) is 0 Å². The minimum absolute atomic E-state index is 0.0669. The predicted octanol–water partition coefficient (Wildman–Crippen LogP) is 4.44. The highest BCUT2D eigenvalue weighted by molar-refractivity contribution is 6.07. The van der Waals surface area contributed by atoms with Gasteiger partial charge in [0.2, 0.25) is 0 Å². The van der Waals surface area contributed by atoms with Gasteiger partial charge in [0, 0.05) is 31.9 Å². The van der Waals surface area contributed by atoms with Gasteiger partial charge in [-0.15, -0.1) is 0 Å². The van der Waals surface area contributed by atoms with Crippen molar-refractivity contribution in [3.8, 4) is 0 Å². The van der Waals surface area contributed by atoms with Gasteiger partial charge in [-0.2, -0.15) is 0 Å². The van der Waals surface area contributed by atoms with Crippen LogP contribution in [0.3, 0.4) is 0 Å². The molecule has 2 fully saturated rings. The normalized spacial score (nSPS) is 21.7. The molecule has 3 aliphatic rings. The van der Waals surface area contributed by atoms with Crippen molar-refractivity contribution < 1.29 is 9.59 Å². The van der Waals surface area contributed by atoms with Gasteiger partial charge in [-0.3, -0.25) is 19.6 Å². The van der Waals surface area contributed by atoms with Crippen molar-refractivity contribution in [1.82, 2.24) is 19.7 Å². The Hall–Kier alpha value is -3.51. The van der Waals surface area contributed by atoms with Crippen LogP contribution in [-0.4, -0.2) is 56.3 Å². The lowest BCUT2D eigenvalue weighted by atomic mass is 9.82. The van der Waals surface area contributed by atoms with Crippen molar-refractivity contribution in [2.45, 2.75) is 56.8 Å². The maximum atomic E-state index is 14.0. The van der Waals surface area contributed by atoms with E-state index in [2.05, 4.69) is 34.1 Å². The number of carbonyl (C=O) groups excluding carboxylic acids is 2. The zero-order valence-electron chi connectivity index (χ0n) is 20.6. The quantitative estimate of drug-likeness (QED) is 0.507. The molecule has 6 heteroatoms. The third-order valence-corrected chi connectivity index (χ3v) is 8.31. The molecule has 184 valence electrons. The molecule has 3 amide bonds. The lowest BCUT2D eigenvalue weighted by Gasteiger charge is -2.45. The summed E-state index contributed by atoms with van der Waals surface area (Å²) in [5.41, 5.74) is 3.91. The molecule has 3 heterocycles. The fraction of sp³-hybridized carbons (Fsp3) is 0.367. The van der Waals surface area contributed by atoms with Crippen molar-refractivity contribution >= 4 is 11.9 Å². The highest BCUT2D eigenvalue weighted by Crippen LogP contribution is 2.40. The number of imide groups is 1. The number of aryl methyl sites for hydroxylation is 1. The van der Waals surface area contributed by atoms with E-state index in [1.165, 1.54) is 16.0 Å². The standard InChI is InChI=1S/C30H32N4O2/c35-28-30(15-18-32(19-16-30)27-14-13-24-10-4-5-11-25(24)20-27)34(21-23-8-2-1-3-9-23)29(36)33(28)22-26-12-6-7-17-31-26/h1-12,17,27H,13-16,18-22H2/t27-/m1/s1. The summed E-state index contributed by atoms with van der Waals surface area (Å²) in [4.78, 5) is 37.9. The summed E-state index contributed by atoms with van der Waals surface area (Å²) in [5.74, 6) is -0.0669. The zero-order valence-corrected chi connectivity index (χ0v) is 20.6. The first kappa shape index (κ1) is 22.9. The van der Waals surface area contributed by atoms with E-state index in [1.54, 1.807) is 6.20 Å². The van der Waals surface area contributed by atoms with E-state index >= 15 is 0 Å². The number of likely N-dealkylation sites (tertiary alicyclic amines) is 1. The Bertz CT molecular complexity index is 1240. The molecule has 1 atom stereocenters. The topological polar surface area (TPSA) is 56.8 Å². The van der Waals surface area contributed by atoms with Crippen molar-refractivity contribution in [2.75, 3.05) is 13.1 Å². The van der Waals surface area contributed by atoms with Crippen LogP contribution < -0.4 is 0 Å². The summed E-state index contributed by atoms with van der Waals surface area (Å²) in [6.45, 7) is 2.32. The number of amides is 3. The monoisotopic (exact) mass is 480 g/mol. The van der Waals surface area contributed by atoms with Crippen LogP contribution in [-0.2, 0) is 30.7 Å². The predicted molar refractivity (Wildman–Crippen MR) is 138 cm³/mol. The molecule has 1 aliphatic carbocycles. The second-order valence-electron chi connectivity index (χ2n) is 10.3. The Kier molecular flexibility index (Phi) is 6.05. The fourth-order valence-corrected chi connectivity index (χ4v) is 6.29. The lowest BCUT2D eigenvalue weighted by Crippen LogP contribution is -2.58. The molecule has 0 N–H and O–H groups in total. The van der Waals surface area contributed by atoms with Gasteiger partial charge in [0.05, 0.1) is 12.2 Å². The Morgan fingerprint density at radius 3 is 2.31 bits per heavy atom. The molecular formula is C30H32N4O2. The van der Waals surface area contributed by atoms with Crippen LogP contribution in [0.1, 0.15) is 41.6 Å². The summed E-state index contributed by atoms with van der Waals surface area (Å²) < 4.78 is 0. The van der Waals surface area contributed by atoms with Crippen LogP contribution in [0, 0.1) is 0 Å². The molecular weight excluding hydrogens is 448 g/mol. The minimum atomic E-state index is -0.787. The first-order valence-corrected chi connectivity index (χ1v) is 13.0. The van der Waals surface area contributed by atoms with Crippen LogP contribution >= 0.6 is 0 Å². The van der Waals surface area contributed by atoms with Gasteiger partial charge < -0.3 is 4.90 Å². The molecule has 36 heavy (non-hydrogen) atoms. The number of urea groups is 1. The maximum Gasteiger partial charge on any atom is 0.328 e. The average molecular weight is 481 g/mol. The highest BCUT2D eigenvalue weighted by Gasteiger charge is 2.58. The smallest absolute Gasteiger partial charge is 0.305 e. The minimum Gasteiger partial charge on any atom is -0.305 e. The number of nitrogens with zero attached hydrogens (tertiary/aromatic N) is 4. The van der Waals surface area contributed by atoms with Gasteiger partial charge in [-0.25, -0.2) is 4.79 Å². The molecule has 0 saturated carbocycles. The molecule has 0 bridgehead atoms. The number of rotatable bonds is 5. The number of carbonyl (C=O) groups is 2. The number of aromatic nitrogens is 1. The summed E-state index contributed by atoms with van der Waals surface area (Å²) in [7, 11) is 0. The molecule has 6 nitrogen and oxygen atoms in total. The first-order chi connectivity index (χ1) is 17.6. The third-order valence-electron chi connectivity index (χ3n) is 8.31. The molecule has 1 aromatic heterocycles. The summed E-state index contributed by atoms with van der Waals surface area (Å²) in [6, 6.07) is 24.7. The van der Waals surface area contributed by atoms with Gasteiger partial charge in [0.15, 0.2) is 0 Å². The summed E-state index contributed by atoms with van der Waals surface area (Å²) in [5, 5.41) is 0. The highest BCUT2D eigenvalue weighted by atomic mass is 16.2. The number of pyridine rings is 1. The molecule has 2 aliphatic heterocycles. The van der Waals surface area contributed by atoms with Crippen molar-refractivity contribution in [1.29, 1.82) is 0 Å². The first-order valence-electron chi connectivity index (χ1n) is 13.0. The van der Waals surface area contributed by atoms with Crippen LogP contribution in [0.15, 0.2) is 79.0 Å². The Morgan fingerprint density at radius 2 is 1.56 bits per heavy atom. The molecule has 6 rings (SSSR count). The van der Waals surface area contributed by atoms with Crippen LogP contribution in [0.2, 0.25) is 0 Å². The SMILES string of the molecule is O=C1N(Cc2ccccn2)C(=O)C2(CCN([C@@H]3CCc4ccccc4C3)CC2)N1Cc1ccccc1. The van der Waals surface area contributed by atoms with Crippen LogP contribution in [0.25, 0.3) is 0 Å². The van der Waals surface area contributed by atoms with E-state index in [0.717, 1.165) is 43.6 Å². The molecule has 2 saturated heterocycles. The fourth-order valence-electron chi connectivity index (χ4n) is 6.29. The third kappa shape index (κ3) is 4.09. The summed E-state index contributed by atoms with van der Waals surface area (Å²) in [6.07, 6.45) is 6.37.